The van der Waals surface area contributed by atoms with Crippen molar-refractivity contribution in [3.8, 4) is 0 Å². The third kappa shape index (κ3) is 3.52. The van der Waals surface area contributed by atoms with Crippen LogP contribution < -0.4 is 10.2 Å². The highest BCUT2D eigenvalue weighted by Gasteiger charge is 2.62. The van der Waals surface area contributed by atoms with Gasteiger partial charge in [0.25, 0.3) is 0 Å². The Labute approximate surface area is 173 Å². The number of hydrogen-bond acceptors (Lipinski definition) is 5. The largest absolute Gasteiger partial charge is 0.356 e. The Morgan fingerprint density at radius 2 is 2.03 bits per heavy atom. The van der Waals surface area contributed by atoms with E-state index in [2.05, 4.69) is 59.2 Å². The number of aromatic nitrogens is 2. The fourth-order valence-electron chi connectivity index (χ4n) is 4.96. The van der Waals surface area contributed by atoms with Crippen molar-refractivity contribution in [1.82, 2.24) is 9.97 Å². The molecule has 1 aromatic carbocycles. The fraction of sp³-hybridized carbons (Fsp3) is 0.542. The third-order valence-corrected chi connectivity index (χ3v) is 7.37. The molecule has 2 heterocycles. The molecule has 1 spiro atoms. The van der Waals surface area contributed by atoms with Crippen molar-refractivity contribution < 1.29 is 0 Å². The van der Waals surface area contributed by atoms with Crippen LogP contribution in [0.4, 0.5) is 17.3 Å². The summed E-state index contributed by atoms with van der Waals surface area (Å²) in [5.41, 5.74) is 4.22. The Hall–Kier alpha value is -2.43. The van der Waals surface area contributed by atoms with E-state index in [9.17, 15) is 0 Å². The lowest BCUT2D eigenvalue weighted by Gasteiger charge is -2.27. The summed E-state index contributed by atoms with van der Waals surface area (Å²) in [7, 11) is 0. The molecule has 2 atom stereocenters. The topological polar surface area (TPSA) is 64.9 Å². The van der Waals surface area contributed by atoms with Crippen LogP contribution in [-0.2, 0) is 0 Å². The molecule has 5 nitrogen and oxygen atoms in total. The molecule has 2 unspecified atom stereocenters. The molecule has 29 heavy (non-hydrogen) atoms. The van der Waals surface area contributed by atoms with Gasteiger partial charge in [0.2, 0.25) is 0 Å². The van der Waals surface area contributed by atoms with Gasteiger partial charge < -0.3 is 15.6 Å². The van der Waals surface area contributed by atoms with Gasteiger partial charge in [0.15, 0.2) is 0 Å². The van der Waals surface area contributed by atoms with Crippen LogP contribution in [0.15, 0.2) is 30.6 Å². The van der Waals surface area contributed by atoms with Gasteiger partial charge in [-0.25, -0.2) is 9.97 Å². The van der Waals surface area contributed by atoms with Gasteiger partial charge in [0.05, 0.1) is 0 Å². The lowest BCUT2D eigenvalue weighted by atomic mass is 9.80. The van der Waals surface area contributed by atoms with E-state index in [4.69, 9.17) is 5.41 Å². The Balaban J connectivity index is 1.35. The molecule has 5 heteroatoms. The Morgan fingerprint density at radius 1 is 1.21 bits per heavy atom. The SMILES string of the molecule is CC(C)(C)C1CCN(c2cc(Nc3cc(C4CC45CC5)ccc3C=N)ncn2)C1. The van der Waals surface area contributed by atoms with E-state index in [1.165, 1.54) is 37.5 Å². The lowest BCUT2D eigenvalue weighted by molar-refractivity contribution is 0.263. The normalized spacial score (nSPS) is 24.6. The molecule has 0 radical (unpaired) electrons. The van der Waals surface area contributed by atoms with Crippen LogP contribution in [-0.4, -0.2) is 29.3 Å². The Kier molecular flexibility index (Phi) is 4.19. The molecule has 3 fully saturated rings. The van der Waals surface area contributed by atoms with Crippen molar-refractivity contribution in [3.05, 3.63) is 41.7 Å². The van der Waals surface area contributed by atoms with E-state index < -0.39 is 0 Å². The van der Waals surface area contributed by atoms with Crippen molar-refractivity contribution in [2.24, 2.45) is 16.7 Å². The van der Waals surface area contributed by atoms with Gasteiger partial charge in [-0.2, -0.15) is 0 Å². The van der Waals surface area contributed by atoms with Gasteiger partial charge in [-0.15, -0.1) is 0 Å². The monoisotopic (exact) mass is 389 g/mol. The molecule has 152 valence electrons. The predicted molar refractivity (Wildman–Crippen MR) is 118 cm³/mol. The number of benzene rings is 1. The minimum Gasteiger partial charge on any atom is -0.356 e. The van der Waals surface area contributed by atoms with Gasteiger partial charge in [-0.05, 0) is 60.0 Å². The minimum absolute atomic E-state index is 0.323. The highest BCUT2D eigenvalue weighted by molar-refractivity contribution is 5.87. The quantitative estimate of drug-likeness (QED) is 0.676. The fourth-order valence-corrected chi connectivity index (χ4v) is 4.96. The van der Waals surface area contributed by atoms with Crippen LogP contribution in [0.3, 0.4) is 0 Å². The standard InChI is InChI=1S/C24H31N5/c1-23(2,3)18-6-9-29(14-18)22-11-21(26-15-27-22)28-20-10-16(4-5-17(20)13-25)19-12-24(19)7-8-24/h4-5,10-11,13,15,18-19,25H,6-9,12,14H2,1-3H3,(H,26,27,28). The highest BCUT2D eigenvalue weighted by atomic mass is 15.2. The van der Waals surface area contributed by atoms with E-state index in [-0.39, 0.29) is 0 Å². The molecule has 2 N–H and O–H groups in total. The maximum atomic E-state index is 7.79. The van der Waals surface area contributed by atoms with Gasteiger partial charge in [0.1, 0.15) is 18.0 Å². The van der Waals surface area contributed by atoms with Crippen LogP contribution in [0.2, 0.25) is 0 Å². The molecule has 0 amide bonds. The van der Waals surface area contributed by atoms with Crippen LogP contribution in [0.5, 0.6) is 0 Å². The number of anilines is 3. The van der Waals surface area contributed by atoms with E-state index >= 15 is 0 Å². The highest BCUT2D eigenvalue weighted by Crippen LogP contribution is 2.75. The first-order valence-corrected chi connectivity index (χ1v) is 10.9. The summed E-state index contributed by atoms with van der Waals surface area (Å²) in [6.45, 7) is 9.07. The van der Waals surface area contributed by atoms with Crippen molar-refractivity contribution in [2.75, 3.05) is 23.3 Å². The summed E-state index contributed by atoms with van der Waals surface area (Å²) in [5.74, 6) is 3.18. The zero-order valence-electron chi connectivity index (χ0n) is 17.7. The lowest BCUT2D eigenvalue weighted by Crippen LogP contribution is -2.26. The van der Waals surface area contributed by atoms with Crippen LogP contribution in [0.25, 0.3) is 0 Å². The maximum absolute atomic E-state index is 7.79. The van der Waals surface area contributed by atoms with E-state index in [1.807, 2.05) is 6.07 Å². The summed E-state index contributed by atoms with van der Waals surface area (Å²) >= 11 is 0. The van der Waals surface area contributed by atoms with Crippen molar-refractivity contribution in [2.45, 2.75) is 52.4 Å². The van der Waals surface area contributed by atoms with E-state index in [0.717, 1.165) is 36.0 Å². The number of nitrogens with one attached hydrogen (secondary N) is 2. The second-order valence-corrected chi connectivity index (χ2v) is 10.3. The molecule has 5 rings (SSSR count). The summed E-state index contributed by atoms with van der Waals surface area (Å²) in [5, 5.41) is 11.3. The van der Waals surface area contributed by atoms with Gasteiger partial charge >= 0.3 is 0 Å². The summed E-state index contributed by atoms with van der Waals surface area (Å²) in [6.07, 6.45) is 8.37. The molecule has 0 bridgehead atoms. The minimum atomic E-state index is 0.323. The molecule has 2 saturated carbocycles. The average Bonchev–Trinajstić information content (AvgIpc) is 3.57. The first kappa shape index (κ1) is 18.6. The van der Waals surface area contributed by atoms with Gasteiger partial charge in [0, 0.05) is 36.6 Å². The second kappa shape index (κ2) is 6.54. The molecule has 1 saturated heterocycles. The Bertz CT molecular complexity index is 941. The van der Waals surface area contributed by atoms with Gasteiger partial charge in [-0.1, -0.05) is 32.9 Å². The molecule has 2 aromatic rings. The van der Waals surface area contributed by atoms with Crippen molar-refractivity contribution >= 4 is 23.5 Å². The van der Waals surface area contributed by atoms with Crippen LogP contribution in [0.1, 0.15) is 63.5 Å². The second-order valence-electron chi connectivity index (χ2n) is 10.3. The molecule has 1 aromatic heterocycles. The smallest absolute Gasteiger partial charge is 0.135 e. The number of nitrogens with zero attached hydrogens (tertiary/aromatic N) is 3. The zero-order valence-corrected chi connectivity index (χ0v) is 17.7. The zero-order chi connectivity index (χ0) is 20.2. The Morgan fingerprint density at radius 3 is 2.69 bits per heavy atom. The first-order valence-electron chi connectivity index (χ1n) is 10.9. The summed E-state index contributed by atoms with van der Waals surface area (Å²) in [6, 6.07) is 8.54. The number of rotatable bonds is 5. The summed E-state index contributed by atoms with van der Waals surface area (Å²) in [4.78, 5) is 11.4. The molecule has 1 aliphatic heterocycles. The summed E-state index contributed by atoms with van der Waals surface area (Å²) < 4.78 is 0. The molecule has 2 aliphatic carbocycles. The maximum Gasteiger partial charge on any atom is 0.135 e. The van der Waals surface area contributed by atoms with Crippen LogP contribution >= 0.6 is 0 Å². The molecule has 3 aliphatic rings. The number of hydrogen-bond donors (Lipinski definition) is 2. The van der Waals surface area contributed by atoms with E-state index in [0.29, 0.717) is 22.7 Å². The van der Waals surface area contributed by atoms with Crippen molar-refractivity contribution in [3.63, 3.8) is 0 Å². The first-order chi connectivity index (χ1) is 13.9. The van der Waals surface area contributed by atoms with Crippen LogP contribution in [0, 0.1) is 22.2 Å². The van der Waals surface area contributed by atoms with Crippen molar-refractivity contribution in [1.29, 1.82) is 5.41 Å². The molecular weight excluding hydrogens is 358 g/mol. The average molecular weight is 390 g/mol. The predicted octanol–water partition coefficient (Wildman–Crippen LogP) is 5.36. The third-order valence-electron chi connectivity index (χ3n) is 7.37. The van der Waals surface area contributed by atoms with Gasteiger partial charge in [-0.3, -0.25) is 0 Å². The van der Waals surface area contributed by atoms with E-state index in [1.54, 1.807) is 6.33 Å². The molecular formula is C24H31N5.